The number of nitrogens with two attached hydrogens (primary N) is 1. The molecule has 17 heavy (non-hydrogen) atoms. The second-order valence-electron chi connectivity index (χ2n) is 3.46. The lowest BCUT2D eigenvalue weighted by Crippen LogP contribution is -2.68. The van der Waals surface area contributed by atoms with E-state index in [0.29, 0.717) is 4.67 Å². The van der Waals surface area contributed by atoms with E-state index in [2.05, 4.69) is 4.52 Å². The minimum atomic E-state index is -4.24. The number of carboxylic acid groups (broad SMARTS) is 1. The van der Waals surface area contributed by atoms with Gasteiger partial charge in [-0.1, -0.05) is 0 Å². The van der Waals surface area contributed by atoms with Crippen molar-refractivity contribution in [3.05, 3.63) is 0 Å². The van der Waals surface area contributed by atoms with Crippen molar-refractivity contribution < 1.29 is 28.7 Å². The molecule has 0 aromatic rings. The van der Waals surface area contributed by atoms with Crippen LogP contribution in [0.5, 0.6) is 0 Å². The zero-order valence-corrected chi connectivity index (χ0v) is 9.96. The Kier molecular flexibility index (Phi) is 4.10. The van der Waals surface area contributed by atoms with Gasteiger partial charge >= 0.3 is 13.8 Å². The first-order valence-electron chi connectivity index (χ1n) is 4.81. The van der Waals surface area contributed by atoms with Gasteiger partial charge in [0.05, 0.1) is 12.6 Å². The average molecular weight is 267 g/mol. The molecular weight excluding hydrogens is 253 g/mol. The molecule has 3 atom stereocenters. The molecule has 0 bridgehead atoms. The van der Waals surface area contributed by atoms with Gasteiger partial charge < -0.3 is 21.1 Å². The Morgan fingerprint density at radius 2 is 2.29 bits per heavy atom. The van der Waals surface area contributed by atoms with Gasteiger partial charge in [-0.25, -0.2) is 14.0 Å². The smallest absolute Gasteiger partial charge is 0.435 e. The highest BCUT2D eigenvalue weighted by atomic mass is 31.2. The van der Waals surface area contributed by atoms with Crippen LogP contribution in [0.2, 0.25) is 0 Å². The monoisotopic (exact) mass is 267 g/mol. The van der Waals surface area contributed by atoms with Crippen molar-refractivity contribution >= 4 is 19.7 Å². The summed E-state index contributed by atoms with van der Waals surface area (Å²) < 4.78 is 16.8. The molecule has 0 spiro atoms. The molecule has 0 saturated carbocycles. The molecule has 1 heterocycles. The minimum Gasteiger partial charge on any atom is -0.465 e. The van der Waals surface area contributed by atoms with Crippen LogP contribution in [0.1, 0.15) is 6.92 Å². The number of carbonyl (C=O) groups excluding carboxylic acids is 1. The van der Waals surface area contributed by atoms with Crippen LogP contribution in [0.25, 0.3) is 0 Å². The Bertz CT molecular complexity index is 375. The van der Waals surface area contributed by atoms with Gasteiger partial charge in [-0.2, -0.15) is 0 Å². The average Bonchev–Trinajstić information content (AvgIpc) is 2.23. The Labute approximate surface area is 97.1 Å². The summed E-state index contributed by atoms with van der Waals surface area (Å²) in [6.45, 7) is 1.32. The highest BCUT2D eigenvalue weighted by Crippen LogP contribution is 2.52. The Balaban J connectivity index is 2.67. The summed E-state index contributed by atoms with van der Waals surface area (Å²) in [7, 11) is -4.24. The molecule has 1 aliphatic rings. The number of hydrogen-bond acceptors (Lipinski definition) is 5. The fraction of sp³-hybridized carbons (Fsp3) is 0.714. The standard InChI is InChI=1S/C7H14N3O6P/c1-4-5(9-7(12)13)6(11)10(4)17(14,15)16-3-2-8/h4-5,9H,2-3,8H2,1H3,(H,12,13)(H,14,15)/t4-,5?/m0/s1. The first kappa shape index (κ1) is 13.9. The summed E-state index contributed by atoms with van der Waals surface area (Å²) in [5.74, 6) is -0.789. The molecule has 10 heteroatoms. The first-order chi connectivity index (χ1) is 7.81. The van der Waals surface area contributed by atoms with Crippen LogP contribution < -0.4 is 11.1 Å². The third kappa shape index (κ3) is 2.75. The van der Waals surface area contributed by atoms with Crippen molar-refractivity contribution in [1.82, 2.24) is 9.99 Å². The number of β-lactam (4-membered cyclic amide) rings is 1. The molecule has 2 unspecified atom stereocenters. The summed E-state index contributed by atoms with van der Waals surface area (Å²) in [5.41, 5.74) is 5.11. The molecule has 0 aromatic carbocycles. The summed E-state index contributed by atoms with van der Waals surface area (Å²) in [6.07, 6.45) is -1.37. The third-order valence-corrected chi connectivity index (χ3v) is 3.91. The van der Waals surface area contributed by atoms with Crippen molar-refractivity contribution in [2.45, 2.75) is 19.0 Å². The Hall–Kier alpha value is -1.15. The van der Waals surface area contributed by atoms with Crippen molar-refractivity contribution in [2.24, 2.45) is 5.73 Å². The summed E-state index contributed by atoms with van der Waals surface area (Å²) in [5, 5.41) is 10.4. The van der Waals surface area contributed by atoms with Crippen LogP contribution in [0.3, 0.4) is 0 Å². The highest BCUT2D eigenvalue weighted by molar-refractivity contribution is 7.51. The van der Waals surface area contributed by atoms with Crippen LogP contribution in [0.15, 0.2) is 0 Å². The van der Waals surface area contributed by atoms with Crippen molar-refractivity contribution in [1.29, 1.82) is 0 Å². The van der Waals surface area contributed by atoms with Crippen LogP contribution in [-0.2, 0) is 13.9 Å². The molecule has 98 valence electrons. The molecule has 1 fully saturated rings. The maximum atomic E-state index is 11.6. The van der Waals surface area contributed by atoms with Crippen LogP contribution >= 0.6 is 7.75 Å². The molecule has 2 amide bonds. The largest absolute Gasteiger partial charge is 0.465 e. The molecule has 9 nitrogen and oxygen atoms in total. The van der Waals surface area contributed by atoms with Gasteiger partial charge in [0.25, 0.3) is 5.91 Å². The van der Waals surface area contributed by atoms with Crippen molar-refractivity contribution in [2.75, 3.05) is 13.2 Å². The fourth-order valence-corrected chi connectivity index (χ4v) is 2.95. The fourth-order valence-electron chi connectivity index (χ4n) is 1.51. The minimum absolute atomic E-state index is 0.0395. The lowest BCUT2D eigenvalue weighted by atomic mass is 10.0. The Morgan fingerprint density at radius 1 is 1.71 bits per heavy atom. The molecule has 0 aliphatic carbocycles. The molecule has 1 rings (SSSR count). The van der Waals surface area contributed by atoms with E-state index in [9.17, 15) is 19.0 Å². The number of nitrogens with one attached hydrogen (secondary N) is 1. The van der Waals surface area contributed by atoms with Crippen molar-refractivity contribution in [3.63, 3.8) is 0 Å². The van der Waals surface area contributed by atoms with E-state index in [1.165, 1.54) is 6.92 Å². The predicted molar refractivity (Wildman–Crippen MR) is 56.1 cm³/mol. The lowest BCUT2D eigenvalue weighted by Gasteiger charge is -2.45. The van der Waals surface area contributed by atoms with Crippen LogP contribution in [0, 0.1) is 0 Å². The lowest BCUT2D eigenvalue weighted by molar-refractivity contribution is -0.142. The summed E-state index contributed by atoms with van der Waals surface area (Å²) in [6, 6.07) is -1.76. The quantitative estimate of drug-likeness (QED) is 0.367. The van der Waals surface area contributed by atoms with Gasteiger partial charge in [0, 0.05) is 6.54 Å². The van der Waals surface area contributed by atoms with Gasteiger partial charge in [-0.3, -0.25) is 9.32 Å². The number of nitrogens with zero attached hydrogens (tertiary/aromatic N) is 1. The van der Waals surface area contributed by atoms with E-state index in [1.807, 2.05) is 5.32 Å². The second kappa shape index (κ2) is 5.01. The zero-order valence-electron chi connectivity index (χ0n) is 9.07. The van der Waals surface area contributed by atoms with E-state index in [4.69, 9.17) is 10.8 Å². The van der Waals surface area contributed by atoms with Gasteiger partial charge in [-0.15, -0.1) is 0 Å². The Morgan fingerprint density at radius 3 is 2.71 bits per heavy atom. The normalized spacial score (nSPS) is 27.2. The maximum Gasteiger partial charge on any atom is 0.435 e. The number of amides is 2. The van der Waals surface area contributed by atoms with E-state index >= 15 is 0 Å². The van der Waals surface area contributed by atoms with Gasteiger partial charge in [-0.05, 0) is 6.92 Å². The van der Waals surface area contributed by atoms with E-state index in [-0.39, 0.29) is 13.2 Å². The van der Waals surface area contributed by atoms with Gasteiger partial charge in [0.15, 0.2) is 0 Å². The molecule has 0 radical (unpaired) electrons. The van der Waals surface area contributed by atoms with Gasteiger partial charge in [0.2, 0.25) is 0 Å². The zero-order chi connectivity index (χ0) is 13.2. The number of hydrogen-bond donors (Lipinski definition) is 4. The highest BCUT2D eigenvalue weighted by Gasteiger charge is 2.54. The van der Waals surface area contributed by atoms with Crippen LogP contribution in [-0.4, -0.2) is 51.9 Å². The molecule has 1 saturated heterocycles. The molecule has 5 N–H and O–H groups in total. The van der Waals surface area contributed by atoms with E-state index < -0.39 is 31.8 Å². The number of rotatable bonds is 5. The second-order valence-corrected chi connectivity index (χ2v) is 5.13. The summed E-state index contributed by atoms with van der Waals surface area (Å²) in [4.78, 5) is 31.3. The maximum absolute atomic E-state index is 11.6. The SMILES string of the molecule is C[C@H]1C(NC(=O)O)C(=O)N1P(=O)(O)OCCN. The molecular formula is C7H14N3O6P. The third-order valence-electron chi connectivity index (χ3n) is 2.29. The van der Waals surface area contributed by atoms with E-state index in [0.717, 1.165) is 0 Å². The molecule has 1 aliphatic heterocycles. The van der Waals surface area contributed by atoms with Crippen molar-refractivity contribution in [3.8, 4) is 0 Å². The molecule has 0 aromatic heterocycles. The predicted octanol–water partition coefficient (Wildman–Crippen LogP) is -1.07. The topological polar surface area (TPSA) is 142 Å². The van der Waals surface area contributed by atoms with Crippen LogP contribution in [0.4, 0.5) is 4.79 Å². The number of carbonyl (C=O) groups is 2. The summed E-state index contributed by atoms with van der Waals surface area (Å²) >= 11 is 0. The van der Waals surface area contributed by atoms with Gasteiger partial charge in [0.1, 0.15) is 6.04 Å². The van der Waals surface area contributed by atoms with E-state index in [1.54, 1.807) is 0 Å². The first-order valence-corrected chi connectivity index (χ1v) is 6.34.